The second-order valence-electron chi connectivity index (χ2n) is 5.20. The number of aromatic nitrogens is 2. The monoisotopic (exact) mass is 289 g/mol. The molecule has 0 aromatic carbocycles. The van der Waals surface area contributed by atoms with Crippen LogP contribution in [0.5, 0.6) is 0 Å². The summed E-state index contributed by atoms with van der Waals surface area (Å²) < 4.78 is 0. The summed E-state index contributed by atoms with van der Waals surface area (Å²) in [7, 11) is 0. The number of aliphatic hydroxyl groups excluding tert-OH is 1. The Kier molecular flexibility index (Phi) is 4.40. The van der Waals surface area contributed by atoms with Crippen molar-refractivity contribution in [2.75, 3.05) is 0 Å². The van der Waals surface area contributed by atoms with E-state index in [1.54, 1.807) is 17.5 Å². The third kappa shape index (κ3) is 3.23. The van der Waals surface area contributed by atoms with Gasteiger partial charge in [-0.2, -0.15) is 0 Å². The fraction of sp³-hybridized carbons (Fsp3) is 0.467. The molecule has 1 aliphatic rings. The molecule has 1 aliphatic carbocycles. The highest BCUT2D eigenvalue weighted by Gasteiger charge is 2.22. The first-order valence-electron chi connectivity index (χ1n) is 7.10. The Labute approximate surface area is 122 Å². The van der Waals surface area contributed by atoms with Crippen LogP contribution >= 0.6 is 11.3 Å². The van der Waals surface area contributed by atoms with E-state index in [0.29, 0.717) is 6.54 Å². The van der Waals surface area contributed by atoms with E-state index in [-0.39, 0.29) is 12.1 Å². The second-order valence-corrected chi connectivity index (χ2v) is 6.06. The van der Waals surface area contributed by atoms with E-state index in [4.69, 9.17) is 0 Å². The summed E-state index contributed by atoms with van der Waals surface area (Å²) in [6, 6.07) is 6.06. The molecular weight excluding hydrogens is 270 g/mol. The lowest BCUT2D eigenvalue weighted by Gasteiger charge is -2.28. The van der Waals surface area contributed by atoms with Crippen LogP contribution in [-0.2, 0) is 6.54 Å². The highest BCUT2D eigenvalue weighted by atomic mass is 32.1. The van der Waals surface area contributed by atoms with Gasteiger partial charge in [0.2, 0.25) is 0 Å². The Bertz CT molecular complexity index is 543. The van der Waals surface area contributed by atoms with Gasteiger partial charge < -0.3 is 10.4 Å². The maximum Gasteiger partial charge on any atom is 0.142 e. The van der Waals surface area contributed by atoms with E-state index in [1.807, 2.05) is 18.2 Å². The van der Waals surface area contributed by atoms with Crippen LogP contribution in [0.25, 0.3) is 10.7 Å². The molecule has 106 valence electrons. The quantitative estimate of drug-likeness (QED) is 0.908. The summed E-state index contributed by atoms with van der Waals surface area (Å²) in [5.74, 6) is 0. The van der Waals surface area contributed by atoms with Crippen LogP contribution in [0.1, 0.15) is 31.4 Å². The molecule has 0 aliphatic heterocycles. The minimum Gasteiger partial charge on any atom is -0.392 e. The molecule has 2 heterocycles. The van der Waals surface area contributed by atoms with Gasteiger partial charge in [-0.1, -0.05) is 18.9 Å². The molecule has 0 saturated heterocycles. The van der Waals surface area contributed by atoms with Gasteiger partial charge in [0.1, 0.15) is 5.01 Å². The maximum atomic E-state index is 9.94. The Hall–Kier alpha value is -1.30. The molecule has 0 spiro atoms. The minimum atomic E-state index is -0.211. The molecule has 2 aromatic heterocycles. The van der Waals surface area contributed by atoms with Crippen LogP contribution in [0.3, 0.4) is 0 Å². The van der Waals surface area contributed by atoms with Gasteiger partial charge in [-0.15, -0.1) is 11.3 Å². The molecule has 0 radical (unpaired) electrons. The lowest BCUT2D eigenvalue weighted by molar-refractivity contribution is 0.0901. The molecule has 0 amide bonds. The number of rotatable bonds is 4. The van der Waals surface area contributed by atoms with Gasteiger partial charge >= 0.3 is 0 Å². The van der Waals surface area contributed by atoms with Gasteiger partial charge in [-0.05, 0) is 25.0 Å². The van der Waals surface area contributed by atoms with Crippen molar-refractivity contribution in [3.63, 3.8) is 0 Å². The summed E-state index contributed by atoms with van der Waals surface area (Å²) in [5, 5.41) is 16.4. The molecule has 0 unspecified atom stereocenters. The van der Waals surface area contributed by atoms with Crippen LogP contribution in [0.2, 0.25) is 0 Å². The fourth-order valence-electron chi connectivity index (χ4n) is 2.58. The van der Waals surface area contributed by atoms with Gasteiger partial charge in [0, 0.05) is 24.2 Å². The van der Waals surface area contributed by atoms with Gasteiger partial charge in [0.25, 0.3) is 0 Å². The molecular formula is C15H19N3OS. The van der Waals surface area contributed by atoms with Gasteiger partial charge in [-0.3, -0.25) is 4.98 Å². The minimum absolute atomic E-state index is 0.211. The summed E-state index contributed by atoms with van der Waals surface area (Å²) >= 11 is 1.61. The third-order valence-electron chi connectivity index (χ3n) is 3.71. The molecule has 3 rings (SSSR count). The van der Waals surface area contributed by atoms with Crippen LogP contribution in [0.4, 0.5) is 0 Å². The van der Waals surface area contributed by atoms with Crippen molar-refractivity contribution < 1.29 is 5.11 Å². The number of nitrogens with zero attached hydrogens (tertiary/aromatic N) is 2. The average molecular weight is 289 g/mol. The van der Waals surface area contributed by atoms with E-state index in [0.717, 1.165) is 35.7 Å². The smallest absolute Gasteiger partial charge is 0.142 e. The van der Waals surface area contributed by atoms with E-state index < -0.39 is 0 Å². The van der Waals surface area contributed by atoms with E-state index in [9.17, 15) is 5.11 Å². The normalized spacial score (nSPS) is 22.9. The molecule has 1 fully saturated rings. The van der Waals surface area contributed by atoms with E-state index in [1.165, 1.54) is 6.42 Å². The molecule has 2 atom stereocenters. The largest absolute Gasteiger partial charge is 0.392 e. The molecule has 4 nitrogen and oxygen atoms in total. The number of pyridine rings is 1. The van der Waals surface area contributed by atoms with E-state index in [2.05, 4.69) is 20.7 Å². The van der Waals surface area contributed by atoms with Crippen molar-refractivity contribution in [2.45, 2.75) is 44.4 Å². The molecule has 20 heavy (non-hydrogen) atoms. The maximum absolute atomic E-state index is 9.94. The fourth-order valence-corrected chi connectivity index (χ4v) is 3.38. The summed E-state index contributed by atoms with van der Waals surface area (Å²) in [6.07, 6.45) is 5.88. The molecule has 1 saturated carbocycles. The van der Waals surface area contributed by atoms with Crippen molar-refractivity contribution in [2.24, 2.45) is 0 Å². The number of hydrogen-bond donors (Lipinski definition) is 2. The molecule has 2 N–H and O–H groups in total. The SMILES string of the molecule is O[C@@H]1CCCC[C@@H]1NCc1csc(-c2ccccn2)n1. The van der Waals surface area contributed by atoms with Crippen molar-refractivity contribution in [3.05, 3.63) is 35.5 Å². The van der Waals surface area contributed by atoms with Crippen molar-refractivity contribution in [1.29, 1.82) is 0 Å². The highest BCUT2D eigenvalue weighted by Crippen LogP contribution is 2.22. The van der Waals surface area contributed by atoms with Crippen molar-refractivity contribution in [1.82, 2.24) is 15.3 Å². The standard InChI is InChI=1S/C15H19N3OS/c19-14-7-2-1-5-12(14)17-9-11-10-20-15(18-11)13-6-3-4-8-16-13/h3-4,6,8,10,12,14,17,19H,1-2,5,7,9H2/t12-,14+/m0/s1. The summed E-state index contributed by atoms with van der Waals surface area (Å²) in [6.45, 7) is 0.713. The predicted octanol–water partition coefficient (Wildman–Crippen LogP) is 2.60. The Morgan fingerprint density at radius 2 is 2.20 bits per heavy atom. The van der Waals surface area contributed by atoms with Crippen molar-refractivity contribution >= 4 is 11.3 Å². The predicted molar refractivity (Wildman–Crippen MR) is 80.4 cm³/mol. The zero-order valence-electron chi connectivity index (χ0n) is 11.3. The number of thiazole rings is 1. The number of nitrogens with one attached hydrogen (secondary N) is 1. The first-order chi connectivity index (χ1) is 9.83. The zero-order valence-corrected chi connectivity index (χ0v) is 12.1. The first kappa shape index (κ1) is 13.7. The van der Waals surface area contributed by atoms with Crippen LogP contribution in [0.15, 0.2) is 29.8 Å². The van der Waals surface area contributed by atoms with Crippen LogP contribution < -0.4 is 5.32 Å². The molecule has 2 aromatic rings. The Balaban J connectivity index is 1.60. The molecule has 5 heteroatoms. The van der Waals surface area contributed by atoms with Gasteiger partial charge in [-0.25, -0.2) is 4.98 Å². The Morgan fingerprint density at radius 1 is 1.30 bits per heavy atom. The number of hydrogen-bond acceptors (Lipinski definition) is 5. The van der Waals surface area contributed by atoms with E-state index >= 15 is 0 Å². The lowest BCUT2D eigenvalue weighted by Crippen LogP contribution is -2.41. The molecule has 0 bridgehead atoms. The average Bonchev–Trinajstić information content (AvgIpc) is 2.96. The third-order valence-corrected chi connectivity index (χ3v) is 4.62. The highest BCUT2D eigenvalue weighted by molar-refractivity contribution is 7.13. The van der Waals surface area contributed by atoms with Crippen molar-refractivity contribution in [3.8, 4) is 10.7 Å². The number of aliphatic hydroxyl groups is 1. The van der Waals surface area contributed by atoms with Crippen LogP contribution in [0, 0.1) is 0 Å². The topological polar surface area (TPSA) is 58.0 Å². The van der Waals surface area contributed by atoms with Gasteiger partial charge in [0.15, 0.2) is 0 Å². The van der Waals surface area contributed by atoms with Gasteiger partial charge in [0.05, 0.1) is 17.5 Å². The second kappa shape index (κ2) is 6.43. The zero-order chi connectivity index (χ0) is 13.8. The Morgan fingerprint density at radius 3 is 3.00 bits per heavy atom. The van der Waals surface area contributed by atoms with Crippen LogP contribution in [-0.4, -0.2) is 27.2 Å². The lowest BCUT2D eigenvalue weighted by atomic mass is 9.92. The first-order valence-corrected chi connectivity index (χ1v) is 7.98. The summed E-state index contributed by atoms with van der Waals surface area (Å²) in [5.41, 5.74) is 1.94. The summed E-state index contributed by atoms with van der Waals surface area (Å²) in [4.78, 5) is 8.91.